The van der Waals surface area contributed by atoms with Gasteiger partial charge in [0.1, 0.15) is 5.69 Å². The van der Waals surface area contributed by atoms with Crippen molar-refractivity contribution in [1.82, 2.24) is 25.2 Å². The number of aromatic nitrogens is 3. The van der Waals surface area contributed by atoms with Crippen molar-refractivity contribution in [2.75, 3.05) is 6.54 Å². The molecule has 1 atom stereocenters. The molecular weight excluding hydrogens is 306 g/mol. The van der Waals surface area contributed by atoms with Gasteiger partial charge < -0.3 is 10.2 Å². The van der Waals surface area contributed by atoms with E-state index in [2.05, 4.69) is 27.8 Å². The molecule has 1 aromatic rings. The first-order chi connectivity index (χ1) is 11.4. The number of nitrogens with zero attached hydrogens (tertiary/aromatic N) is 4. The van der Waals surface area contributed by atoms with E-state index < -0.39 is 0 Å². The molecule has 0 saturated carbocycles. The molecule has 1 N–H and O–H groups in total. The number of allylic oxidation sites excluding steroid dienone is 2. The van der Waals surface area contributed by atoms with Crippen molar-refractivity contribution in [3.05, 3.63) is 23.5 Å². The van der Waals surface area contributed by atoms with E-state index in [-0.39, 0.29) is 29.8 Å². The van der Waals surface area contributed by atoms with Crippen LogP contribution >= 0.6 is 0 Å². The van der Waals surface area contributed by atoms with Gasteiger partial charge in [0, 0.05) is 12.6 Å². The van der Waals surface area contributed by atoms with Crippen LogP contribution in [0.3, 0.4) is 0 Å². The van der Waals surface area contributed by atoms with Crippen molar-refractivity contribution >= 4 is 11.8 Å². The van der Waals surface area contributed by atoms with E-state index in [1.165, 1.54) is 0 Å². The van der Waals surface area contributed by atoms with Gasteiger partial charge >= 0.3 is 0 Å². The van der Waals surface area contributed by atoms with Crippen molar-refractivity contribution in [2.24, 2.45) is 5.41 Å². The van der Waals surface area contributed by atoms with E-state index >= 15 is 0 Å². The Bertz CT molecular complexity index is 679. The SMILES string of the molecule is CC(C)N1CCn2nnc(CNC(=O)C3(C)CC=CCC3)c2C1=O. The topological polar surface area (TPSA) is 80.1 Å². The zero-order chi connectivity index (χ0) is 17.3. The largest absolute Gasteiger partial charge is 0.350 e. The molecular formula is C17H25N5O2. The maximum Gasteiger partial charge on any atom is 0.274 e. The fourth-order valence-corrected chi connectivity index (χ4v) is 3.34. The molecule has 0 spiro atoms. The number of fused-ring (bicyclic) bond motifs is 1. The van der Waals surface area contributed by atoms with Crippen LogP contribution in [0.5, 0.6) is 0 Å². The first-order valence-corrected chi connectivity index (χ1v) is 8.59. The van der Waals surface area contributed by atoms with Crippen molar-refractivity contribution in [2.45, 2.75) is 59.2 Å². The van der Waals surface area contributed by atoms with Gasteiger partial charge in [-0.15, -0.1) is 5.10 Å². The number of carbonyl (C=O) groups excluding carboxylic acids is 2. The molecule has 7 nitrogen and oxygen atoms in total. The first-order valence-electron chi connectivity index (χ1n) is 8.59. The molecule has 1 aromatic heterocycles. The highest BCUT2D eigenvalue weighted by atomic mass is 16.2. The second kappa shape index (κ2) is 6.37. The summed E-state index contributed by atoms with van der Waals surface area (Å²) in [5.41, 5.74) is 0.674. The lowest BCUT2D eigenvalue weighted by molar-refractivity contribution is -0.130. The van der Waals surface area contributed by atoms with Crippen molar-refractivity contribution in [3.63, 3.8) is 0 Å². The third-order valence-electron chi connectivity index (χ3n) is 5.01. The van der Waals surface area contributed by atoms with Gasteiger partial charge in [0.2, 0.25) is 5.91 Å². The maximum atomic E-state index is 12.7. The Kier molecular flexibility index (Phi) is 4.43. The summed E-state index contributed by atoms with van der Waals surface area (Å²) in [5.74, 6) is -0.0464. The number of amides is 2. The monoisotopic (exact) mass is 331 g/mol. The normalized spacial score (nSPS) is 23.5. The average Bonchev–Trinajstić information content (AvgIpc) is 2.97. The molecule has 2 amide bonds. The summed E-state index contributed by atoms with van der Waals surface area (Å²) in [5, 5.41) is 11.1. The van der Waals surface area contributed by atoms with Crippen LogP contribution < -0.4 is 5.32 Å². The van der Waals surface area contributed by atoms with Gasteiger partial charge in [0.05, 0.1) is 18.5 Å². The molecule has 0 bridgehead atoms. The molecule has 2 aliphatic rings. The number of nitrogens with one attached hydrogen (secondary N) is 1. The number of hydrogen-bond donors (Lipinski definition) is 1. The highest BCUT2D eigenvalue weighted by Crippen LogP contribution is 2.32. The summed E-state index contributed by atoms with van der Waals surface area (Å²) >= 11 is 0. The molecule has 7 heteroatoms. The molecule has 1 aliphatic carbocycles. The molecule has 0 saturated heterocycles. The van der Waals surface area contributed by atoms with Crippen molar-refractivity contribution in [1.29, 1.82) is 0 Å². The van der Waals surface area contributed by atoms with Gasteiger partial charge in [0.15, 0.2) is 5.69 Å². The quantitative estimate of drug-likeness (QED) is 0.848. The van der Waals surface area contributed by atoms with Gasteiger partial charge in [-0.3, -0.25) is 9.59 Å². The Morgan fingerprint density at radius 3 is 2.83 bits per heavy atom. The van der Waals surface area contributed by atoms with E-state index in [9.17, 15) is 9.59 Å². The average molecular weight is 331 g/mol. The predicted molar refractivity (Wildman–Crippen MR) is 89.1 cm³/mol. The van der Waals surface area contributed by atoms with Gasteiger partial charge in [0.25, 0.3) is 5.91 Å². The summed E-state index contributed by atoms with van der Waals surface area (Å²) in [4.78, 5) is 27.0. The molecule has 24 heavy (non-hydrogen) atoms. The van der Waals surface area contributed by atoms with Crippen LogP contribution in [0.15, 0.2) is 12.2 Å². The molecule has 0 fully saturated rings. The van der Waals surface area contributed by atoms with Crippen molar-refractivity contribution in [3.8, 4) is 0 Å². The minimum Gasteiger partial charge on any atom is -0.350 e. The lowest BCUT2D eigenvalue weighted by atomic mass is 9.78. The third kappa shape index (κ3) is 2.95. The number of hydrogen-bond acceptors (Lipinski definition) is 4. The zero-order valence-electron chi connectivity index (χ0n) is 14.6. The van der Waals surface area contributed by atoms with Crippen molar-refractivity contribution < 1.29 is 9.59 Å². The highest BCUT2D eigenvalue weighted by molar-refractivity contribution is 5.94. The minimum atomic E-state index is -0.379. The molecule has 0 aromatic carbocycles. The van der Waals surface area contributed by atoms with E-state index in [1.54, 1.807) is 4.68 Å². The summed E-state index contributed by atoms with van der Waals surface area (Å²) in [6.07, 6.45) is 6.69. The third-order valence-corrected chi connectivity index (χ3v) is 5.01. The molecule has 130 valence electrons. The lowest BCUT2D eigenvalue weighted by Crippen LogP contribution is -2.45. The molecule has 2 heterocycles. The Balaban J connectivity index is 1.71. The fourth-order valence-electron chi connectivity index (χ4n) is 3.34. The number of rotatable bonds is 4. The Hall–Kier alpha value is -2.18. The van der Waals surface area contributed by atoms with Gasteiger partial charge in [-0.05, 0) is 33.1 Å². The molecule has 0 radical (unpaired) electrons. The Morgan fingerprint density at radius 2 is 2.17 bits per heavy atom. The second-order valence-electron chi connectivity index (χ2n) is 7.16. The van der Waals surface area contributed by atoms with Crippen LogP contribution in [0.25, 0.3) is 0 Å². The van der Waals surface area contributed by atoms with E-state index in [0.717, 1.165) is 19.3 Å². The van der Waals surface area contributed by atoms with Gasteiger partial charge in [-0.2, -0.15) is 0 Å². The fraction of sp³-hybridized carbons (Fsp3) is 0.647. The lowest BCUT2D eigenvalue weighted by Gasteiger charge is -2.31. The standard InChI is InChI=1S/C17H25N5O2/c1-12(2)21-9-10-22-14(15(21)23)13(19-20-22)11-18-16(24)17(3)7-5-4-6-8-17/h4-5,12H,6-11H2,1-3H3,(H,18,24). The summed E-state index contributed by atoms with van der Waals surface area (Å²) in [6, 6.07) is 0.136. The van der Waals surface area contributed by atoms with E-state index in [1.807, 2.05) is 25.7 Å². The molecule has 3 rings (SSSR count). The molecule has 1 unspecified atom stereocenters. The second-order valence-corrected chi connectivity index (χ2v) is 7.16. The minimum absolute atomic E-state index is 0.0116. The Morgan fingerprint density at radius 1 is 1.38 bits per heavy atom. The predicted octanol–water partition coefficient (Wildman–Crippen LogP) is 1.50. The number of carbonyl (C=O) groups is 2. The Labute approximate surface area is 142 Å². The van der Waals surface area contributed by atoms with Crippen LogP contribution in [-0.4, -0.2) is 44.3 Å². The smallest absolute Gasteiger partial charge is 0.274 e. The van der Waals surface area contributed by atoms with Gasteiger partial charge in [-0.1, -0.05) is 24.3 Å². The van der Waals surface area contributed by atoms with Crippen LogP contribution in [-0.2, 0) is 17.9 Å². The maximum absolute atomic E-state index is 12.7. The summed E-state index contributed by atoms with van der Waals surface area (Å²) < 4.78 is 1.65. The highest BCUT2D eigenvalue weighted by Gasteiger charge is 2.34. The van der Waals surface area contributed by atoms with E-state index in [4.69, 9.17) is 0 Å². The van der Waals surface area contributed by atoms with Crippen LogP contribution in [0.4, 0.5) is 0 Å². The summed E-state index contributed by atoms with van der Waals surface area (Å²) in [7, 11) is 0. The first kappa shape index (κ1) is 16.7. The van der Waals surface area contributed by atoms with E-state index in [0.29, 0.717) is 24.5 Å². The van der Waals surface area contributed by atoms with Crippen LogP contribution in [0.1, 0.15) is 56.2 Å². The van der Waals surface area contributed by atoms with Crippen LogP contribution in [0, 0.1) is 5.41 Å². The zero-order valence-corrected chi connectivity index (χ0v) is 14.6. The molecule has 1 aliphatic heterocycles. The van der Waals surface area contributed by atoms with Gasteiger partial charge in [-0.25, -0.2) is 4.68 Å². The summed E-state index contributed by atoms with van der Waals surface area (Å²) in [6.45, 7) is 7.50. The van der Waals surface area contributed by atoms with Crippen LogP contribution in [0.2, 0.25) is 0 Å².